The van der Waals surface area contributed by atoms with Crippen LogP contribution in [0.4, 0.5) is 0 Å². The molecule has 4 rings (SSSR count). The van der Waals surface area contributed by atoms with E-state index in [2.05, 4.69) is 27.3 Å². The Bertz CT molecular complexity index is 773. The Morgan fingerprint density at radius 2 is 2.00 bits per heavy atom. The Balaban J connectivity index is 1.34. The number of carbonyl (C=O) groups is 1. The Labute approximate surface area is 158 Å². The minimum Gasteiger partial charge on any atom is -0.392 e. The molecule has 2 aliphatic rings. The molecule has 2 fully saturated rings. The second-order valence-corrected chi connectivity index (χ2v) is 7.21. The zero-order valence-corrected chi connectivity index (χ0v) is 15.4. The molecule has 1 aromatic carbocycles. The van der Waals surface area contributed by atoms with Gasteiger partial charge in [0.25, 0.3) is 0 Å². The molecule has 144 valence electrons. The van der Waals surface area contributed by atoms with E-state index in [0.717, 1.165) is 18.7 Å². The molecule has 2 aliphatic heterocycles. The average Bonchev–Trinajstić information content (AvgIpc) is 3.37. The third-order valence-electron chi connectivity index (χ3n) is 5.41. The van der Waals surface area contributed by atoms with Crippen LogP contribution in [-0.4, -0.2) is 75.8 Å². The van der Waals surface area contributed by atoms with Crippen LogP contribution in [0.3, 0.4) is 0 Å². The van der Waals surface area contributed by atoms with Crippen LogP contribution in [0.15, 0.2) is 34.9 Å². The molecule has 3 heterocycles. The van der Waals surface area contributed by atoms with Crippen LogP contribution < -0.4 is 5.32 Å². The first-order chi connectivity index (χ1) is 13.1. The van der Waals surface area contributed by atoms with Gasteiger partial charge in [0.2, 0.25) is 17.6 Å². The largest absolute Gasteiger partial charge is 0.392 e. The minimum absolute atomic E-state index is 0.00126. The van der Waals surface area contributed by atoms with Crippen molar-refractivity contribution in [3.05, 3.63) is 36.2 Å². The number of hydrogen-bond acceptors (Lipinski definition) is 7. The molecule has 8 nitrogen and oxygen atoms in total. The molecular formula is C19H25N5O3. The fourth-order valence-electron chi connectivity index (χ4n) is 3.72. The van der Waals surface area contributed by atoms with E-state index in [9.17, 15) is 9.90 Å². The lowest BCUT2D eigenvalue weighted by atomic mass is 10.1. The van der Waals surface area contributed by atoms with E-state index in [1.54, 1.807) is 0 Å². The van der Waals surface area contributed by atoms with Crippen molar-refractivity contribution in [3.63, 3.8) is 0 Å². The van der Waals surface area contributed by atoms with Gasteiger partial charge >= 0.3 is 0 Å². The molecule has 1 amide bonds. The number of nitrogens with one attached hydrogen (secondary N) is 1. The van der Waals surface area contributed by atoms with E-state index in [4.69, 9.17) is 4.52 Å². The van der Waals surface area contributed by atoms with Gasteiger partial charge in [-0.1, -0.05) is 35.5 Å². The summed E-state index contributed by atoms with van der Waals surface area (Å²) in [7, 11) is 0. The summed E-state index contributed by atoms with van der Waals surface area (Å²) in [5.41, 5.74) is 0.932. The van der Waals surface area contributed by atoms with Crippen LogP contribution in [0.25, 0.3) is 11.4 Å². The Morgan fingerprint density at radius 3 is 2.67 bits per heavy atom. The van der Waals surface area contributed by atoms with Gasteiger partial charge in [0.05, 0.1) is 18.2 Å². The normalized spacial score (nSPS) is 24.9. The first kappa shape index (κ1) is 18.1. The number of aliphatic hydroxyl groups excluding tert-OH is 1. The zero-order valence-electron chi connectivity index (χ0n) is 15.4. The number of carbonyl (C=O) groups excluding carboxylic acids is 1. The highest BCUT2D eigenvalue weighted by Crippen LogP contribution is 2.23. The Hall–Kier alpha value is -2.29. The highest BCUT2D eigenvalue weighted by Gasteiger charge is 2.34. The van der Waals surface area contributed by atoms with Gasteiger partial charge in [-0.3, -0.25) is 9.69 Å². The number of rotatable bonds is 4. The Morgan fingerprint density at radius 1 is 1.26 bits per heavy atom. The van der Waals surface area contributed by atoms with Gasteiger partial charge in [0.15, 0.2) is 0 Å². The predicted octanol–water partition coefficient (Wildman–Crippen LogP) is 0.665. The topological polar surface area (TPSA) is 94.7 Å². The van der Waals surface area contributed by atoms with Gasteiger partial charge < -0.3 is 19.8 Å². The molecule has 2 saturated heterocycles. The van der Waals surface area contributed by atoms with Crippen LogP contribution in [0.2, 0.25) is 0 Å². The van der Waals surface area contributed by atoms with Gasteiger partial charge in [-0.05, 0) is 13.3 Å². The third-order valence-corrected chi connectivity index (χ3v) is 5.41. The summed E-state index contributed by atoms with van der Waals surface area (Å²) < 4.78 is 5.48. The number of nitrogens with zero attached hydrogens (tertiary/aromatic N) is 4. The van der Waals surface area contributed by atoms with E-state index in [0.29, 0.717) is 37.8 Å². The van der Waals surface area contributed by atoms with Gasteiger partial charge in [0, 0.05) is 38.3 Å². The fourth-order valence-corrected chi connectivity index (χ4v) is 3.72. The van der Waals surface area contributed by atoms with Crippen LogP contribution in [0, 0.1) is 0 Å². The zero-order chi connectivity index (χ0) is 18.8. The Kier molecular flexibility index (Phi) is 5.20. The van der Waals surface area contributed by atoms with Crippen molar-refractivity contribution in [1.29, 1.82) is 0 Å². The van der Waals surface area contributed by atoms with Crippen LogP contribution in [-0.2, 0) is 4.79 Å². The smallest absolute Gasteiger partial charge is 0.244 e. The van der Waals surface area contributed by atoms with Crippen LogP contribution in [0.1, 0.15) is 25.3 Å². The van der Waals surface area contributed by atoms with Crippen molar-refractivity contribution in [2.45, 2.75) is 31.5 Å². The lowest BCUT2D eigenvalue weighted by molar-refractivity contribution is -0.135. The molecule has 8 heteroatoms. The fraction of sp³-hybridized carbons (Fsp3) is 0.526. The molecule has 0 bridgehead atoms. The maximum atomic E-state index is 12.5. The maximum absolute atomic E-state index is 12.5. The van der Waals surface area contributed by atoms with E-state index < -0.39 is 6.10 Å². The first-order valence-corrected chi connectivity index (χ1v) is 9.45. The summed E-state index contributed by atoms with van der Waals surface area (Å²) >= 11 is 0. The number of piperazine rings is 1. The number of hydrogen-bond donors (Lipinski definition) is 2. The number of benzene rings is 1. The SMILES string of the molecule is CC(c1nc(-c2ccccc2)no1)N1CCN(C(=O)C2CC(O)CN2)CC1. The van der Waals surface area contributed by atoms with Gasteiger partial charge in [0.1, 0.15) is 0 Å². The monoisotopic (exact) mass is 371 g/mol. The minimum atomic E-state index is -0.420. The first-order valence-electron chi connectivity index (χ1n) is 9.45. The second kappa shape index (κ2) is 7.75. The number of aliphatic hydroxyl groups is 1. The average molecular weight is 371 g/mol. The van der Waals surface area contributed by atoms with Crippen LogP contribution in [0.5, 0.6) is 0 Å². The van der Waals surface area contributed by atoms with Crippen molar-refractivity contribution < 1.29 is 14.4 Å². The summed E-state index contributed by atoms with van der Waals surface area (Å²) in [5.74, 6) is 1.27. The van der Waals surface area contributed by atoms with E-state index in [1.165, 1.54) is 0 Å². The quantitative estimate of drug-likeness (QED) is 0.815. The maximum Gasteiger partial charge on any atom is 0.244 e. The summed E-state index contributed by atoms with van der Waals surface area (Å²) in [5, 5.41) is 16.8. The lowest BCUT2D eigenvalue weighted by Gasteiger charge is -2.37. The summed E-state index contributed by atoms with van der Waals surface area (Å²) in [4.78, 5) is 21.2. The molecule has 3 unspecified atom stereocenters. The predicted molar refractivity (Wildman–Crippen MR) is 98.7 cm³/mol. The number of aromatic nitrogens is 2. The van der Waals surface area contributed by atoms with Crippen molar-refractivity contribution >= 4 is 5.91 Å². The highest BCUT2D eigenvalue weighted by atomic mass is 16.5. The molecule has 0 aliphatic carbocycles. The van der Waals surface area contributed by atoms with Gasteiger partial charge in [-0.2, -0.15) is 4.98 Å². The molecule has 2 N–H and O–H groups in total. The van der Waals surface area contributed by atoms with Crippen LogP contribution >= 0.6 is 0 Å². The number of amides is 1. The highest BCUT2D eigenvalue weighted by molar-refractivity contribution is 5.82. The van der Waals surface area contributed by atoms with Crippen molar-refractivity contribution in [2.24, 2.45) is 0 Å². The van der Waals surface area contributed by atoms with Gasteiger partial charge in [-0.15, -0.1) is 0 Å². The molecular weight excluding hydrogens is 346 g/mol. The molecule has 3 atom stereocenters. The molecule has 0 spiro atoms. The van der Waals surface area contributed by atoms with Crippen molar-refractivity contribution in [1.82, 2.24) is 25.3 Å². The molecule has 0 saturated carbocycles. The lowest BCUT2D eigenvalue weighted by Crippen LogP contribution is -2.53. The summed E-state index contributed by atoms with van der Waals surface area (Å²) in [6.07, 6.45) is 0.0799. The van der Waals surface area contributed by atoms with E-state index >= 15 is 0 Å². The number of β-amino-alcohol motifs (C(OH)–C–C–N with tert-alkyl or cyclic N) is 1. The van der Waals surface area contributed by atoms with E-state index in [1.807, 2.05) is 35.2 Å². The summed E-state index contributed by atoms with van der Waals surface area (Å²) in [6.45, 7) is 5.38. The molecule has 2 aromatic rings. The van der Waals surface area contributed by atoms with E-state index in [-0.39, 0.29) is 18.0 Å². The molecule has 1 aromatic heterocycles. The second-order valence-electron chi connectivity index (χ2n) is 7.21. The van der Waals surface area contributed by atoms with Crippen molar-refractivity contribution in [3.8, 4) is 11.4 Å². The van der Waals surface area contributed by atoms with Crippen molar-refractivity contribution in [2.75, 3.05) is 32.7 Å². The summed E-state index contributed by atoms with van der Waals surface area (Å²) in [6, 6.07) is 9.50. The molecule has 27 heavy (non-hydrogen) atoms. The third kappa shape index (κ3) is 3.87. The van der Waals surface area contributed by atoms with Gasteiger partial charge in [-0.25, -0.2) is 0 Å². The standard InChI is InChI=1S/C19H25N5O3/c1-13(18-21-17(22-27-18)14-5-3-2-4-6-14)23-7-9-24(10-8-23)19(26)16-11-15(25)12-20-16/h2-6,13,15-16,20,25H,7-12H2,1H3. The molecule has 0 radical (unpaired) electrons.